The van der Waals surface area contributed by atoms with Crippen molar-refractivity contribution >= 4 is 40.2 Å². The molecule has 0 aromatic carbocycles. The van der Waals surface area contributed by atoms with E-state index in [1.165, 1.54) is 0 Å². The van der Waals surface area contributed by atoms with Gasteiger partial charge >= 0.3 is 5.97 Å². The van der Waals surface area contributed by atoms with Gasteiger partial charge < -0.3 is 14.4 Å². The van der Waals surface area contributed by atoms with Crippen LogP contribution in [0, 0.1) is 0 Å². The Hall–Kier alpha value is -1.05. The third-order valence-corrected chi connectivity index (χ3v) is 3.51. The second-order valence-electron chi connectivity index (χ2n) is 4.38. The van der Waals surface area contributed by atoms with Crippen molar-refractivity contribution in [2.24, 2.45) is 0 Å². The van der Waals surface area contributed by atoms with Crippen LogP contribution in [0.5, 0.6) is 0 Å². The smallest absolute Gasteiger partial charge is 0.304 e. The second-order valence-corrected chi connectivity index (χ2v) is 5.16. The van der Waals surface area contributed by atoms with Crippen molar-refractivity contribution in [3.05, 3.63) is 22.6 Å². The fourth-order valence-corrected chi connectivity index (χ4v) is 2.32. The van der Waals surface area contributed by atoms with E-state index in [0.717, 1.165) is 0 Å². The maximum absolute atomic E-state index is 12.1. The van der Waals surface area contributed by atoms with E-state index in [1.807, 2.05) is 0 Å². The van der Waals surface area contributed by atoms with Crippen LogP contribution in [0.1, 0.15) is 17.0 Å². The monoisotopic (exact) mass is 366 g/mol. The van der Waals surface area contributed by atoms with Crippen LogP contribution in [0.2, 0.25) is 0 Å². The first-order valence-corrected chi connectivity index (χ1v) is 6.84. The Morgan fingerprint density at radius 1 is 1.25 bits per heavy atom. The predicted octanol–water partition coefficient (Wildman–Crippen LogP) is 1.70. The lowest BCUT2D eigenvalue weighted by Gasteiger charge is -2.33. The number of aliphatic carboxylic acids is 1. The number of piperazine rings is 1. The molecule has 8 heteroatoms. The minimum absolute atomic E-state index is 0. The van der Waals surface area contributed by atoms with E-state index in [9.17, 15) is 9.59 Å². The molecule has 1 aliphatic heterocycles. The van der Waals surface area contributed by atoms with E-state index in [2.05, 4.69) is 20.8 Å². The van der Waals surface area contributed by atoms with Gasteiger partial charge in [0, 0.05) is 32.7 Å². The van der Waals surface area contributed by atoms with Crippen molar-refractivity contribution in [2.45, 2.75) is 6.42 Å². The Morgan fingerprint density at radius 2 is 1.90 bits per heavy atom. The lowest BCUT2D eigenvalue weighted by molar-refractivity contribution is -0.137. The van der Waals surface area contributed by atoms with Crippen molar-refractivity contribution in [1.29, 1.82) is 0 Å². The van der Waals surface area contributed by atoms with E-state index < -0.39 is 5.97 Å². The van der Waals surface area contributed by atoms with Crippen molar-refractivity contribution in [3.63, 3.8) is 0 Å². The van der Waals surface area contributed by atoms with E-state index in [4.69, 9.17) is 9.52 Å². The van der Waals surface area contributed by atoms with Crippen LogP contribution in [0.4, 0.5) is 0 Å². The minimum atomic E-state index is -0.793. The molecule has 0 bridgehead atoms. The summed E-state index contributed by atoms with van der Waals surface area (Å²) in [5.74, 6) is -0.589. The average molecular weight is 368 g/mol. The van der Waals surface area contributed by atoms with Crippen LogP contribution in [-0.4, -0.2) is 59.5 Å². The van der Waals surface area contributed by atoms with Crippen LogP contribution in [0.25, 0.3) is 0 Å². The number of carbonyl (C=O) groups is 2. The molecular weight excluding hydrogens is 351 g/mol. The largest absolute Gasteiger partial charge is 0.481 e. The number of hydrogen-bond acceptors (Lipinski definition) is 4. The second kappa shape index (κ2) is 7.66. The van der Waals surface area contributed by atoms with Gasteiger partial charge in [-0.05, 0) is 28.1 Å². The van der Waals surface area contributed by atoms with Gasteiger partial charge in [0.1, 0.15) is 0 Å². The molecule has 0 unspecified atom stereocenters. The topological polar surface area (TPSA) is 74.0 Å². The Bertz CT molecular complexity index is 472. The lowest BCUT2D eigenvalue weighted by Crippen LogP contribution is -2.49. The maximum atomic E-state index is 12.1. The predicted molar refractivity (Wildman–Crippen MR) is 78.3 cm³/mol. The molecule has 1 fully saturated rings. The Kier molecular flexibility index (Phi) is 6.51. The summed E-state index contributed by atoms with van der Waals surface area (Å²) in [7, 11) is 0. The number of nitrogens with zero attached hydrogens (tertiary/aromatic N) is 2. The number of amides is 1. The lowest BCUT2D eigenvalue weighted by atomic mass is 10.2. The van der Waals surface area contributed by atoms with Crippen LogP contribution >= 0.6 is 28.3 Å². The third-order valence-electron chi connectivity index (χ3n) is 3.09. The molecule has 1 aliphatic rings. The van der Waals surface area contributed by atoms with Crippen LogP contribution < -0.4 is 0 Å². The zero-order valence-electron chi connectivity index (χ0n) is 10.7. The van der Waals surface area contributed by atoms with Crippen molar-refractivity contribution < 1.29 is 19.1 Å². The Balaban J connectivity index is 0.00000200. The van der Waals surface area contributed by atoms with Crippen LogP contribution in [-0.2, 0) is 4.79 Å². The molecule has 0 aliphatic carbocycles. The molecule has 2 rings (SSSR count). The van der Waals surface area contributed by atoms with Crippen LogP contribution in [0.3, 0.4) is 0 Å². The minimum Gasteiger partial charge on any atom is -0.481 e. The number of halogens is 2. The average Bonchev–Trinajstić information content (AvgIpc) is 2.83. The Labute approximate surface area is 131 Å². The SMILES string of the molecule is Cl.O=C(O)CCN1CCN(C(=O)c2ccc(Br)o2)CC1. The molecular formula is C12H16BrClN2O4. The van der Waals surface area contributed by atoms with E-state index in [1.54, 1.807) is 17.0 Å². The number of rotatable bonds is 4. The zero-order chi connectivity index (χ0) is 13.8. The van der Waals surface area contributed by atoms with Gasteiger partial charge in [-0.2, -0.15) is 0 Å². The molecule has 1 N–H and O–H groups in total. The third kappa shape index (κ3) is 4.50. The number of hydrogen-bond donors (Lipinski definition) is 1. The molecule has 6 nitrogen and oxygen atoms in total. The van der Waals surface area contributed by atoms with Gasteiger partial charge in [0.2, 0.25) is 0 Å². The van der Waals surface area contributed by atoms with Crippen LogP contribution in [0.15, 0.2) is 21.2 Å². The summed E-state index contributed by atoms with van der Waals surface area (Å²) in [4.78, 5) is 26.4. The molecule has 0 spiro atoms. The Morgan fingerprint density at radius 3 is 2.40 bits per heavy atom. The summed E-state index contributed by atoms with van der Waals surface area (Å²) < 4.78 is 5.78. The maximum Gasteiger partial charge on any atom is 0.304 e. The number of furan rings is 1. The molecule has 0 atom stereocenters. The first kappa shape index (κ1) is 17.0. The van der Waals surface area contributed by atoms with Crippen molar-refractivity contribution in [1.82, 2.24) is 9.80 Å². The van der Waals surface area contributed by atoms with Gasteiger partial charge in [-0.25, -0.2) is 0 Å². The summed E-state index contributed by atoms with van der Waals surface area (Å²) in [6.45, 7) is 3.11. The summed E-state index contributed by atoms with van der Waals surface area (Å²) in [6.07, 6.45) is 0.138. The fourth-order valence-electron chi connectivity index (χ4n) is 2.01. The van der Waals surface area contributed by atoms with Gasteiger partial charge in [0.05, 0.1) is 6.42 Å². The summed E-state index contributed by atoms with van der Waals surface area (Å²) >= 11 is 3.17. The molecule has 0 saturated carbocycles. The summed E-state index contributed by atoms with van der Waals surface area (Å²) in [5, 5.41) is 8.63. The highest BCUT2D eigenvalue weighted by atomic mass is 79.9. The zero-order valence-corrected chi connectivity index (χ0v) is 13.2. The van der Waals surface area contributed by atoms with E-state index in [-0.39, 0.29) is 24.7 Å². The number of carbonyl (C=O) groups excluding carboxylic acids is 1. The first-order valence-electron chi connectivity index (χ1n) is 6.05. The number of carboxylic acid groups (broad SMARTS) is 1. The van der Waals surface area contributed by atoms with E-state index >= 15 is 0 Å². The van der Waals surface area contributed by atoms with Gasteiger partial charge in [-0.3, -0.25) is 14.5 Å². The molecule has 0 radical (unpaired) electrons. The summed E-state index contributed by atoms with van der Waals surface area (Å²) in [5.41, 5.74) is 0. The number of carboxylic acids is 1. The molecule has 20 heavy (non-hydrogen) atoms. The highest BCUT2D eigenvalue weighted by molar-refractivity contribution is 9.10. The van der Waals surface area contributed by atoms with Gasteiger partial charge in [-0.1, -0.05) is 0 Å². The first-order chi connectivity index (χ1) is 9.06. The summed E-state index contributed by atoms with van der Waals surface area (Å²) in [6, 6.07) is 3.33. The van der Waals surface area contributed by atoms with E-state index in [0.29, 0.717) is 43.2 Å². The molecule has 2 heterocycles. The molecule has 1 aromatic heterocycles. The van der Waals surface area contributed by atoms with Gasteiger partial charge in [0.15, 0.2) is 10.4 Å². The van der Waals surface area contributed by atoms with Gasteiger partial charge in [-0.15, -0.1) is 12.4 Å². The van der Waals surface area contributed by atoms with Crippen molar-refractivity contribution in [2.75, 3.05) is 32.7 Å². The molecule has 1 saturated heterocycles. The molecule has 112 valence electrons. The quantitative estimate of drug-likeness (QED) is 0.877. The normalized spacial score (nSPS) is 15.8. The fraction of sp³-hybridized carbons (Fsp3) is 0.500. The van der Waals surface area contributed by atoms with Gasteiger partial charge in [0.25, 0.3) is 5.91 Å². The standard InChI is InChI=1S/C12H15BrN2O4.ClH/c13-10-2-1-9(19-10)12(18)15-7-5-14(6-8-15)4-3-11(16)17;/h1-2H,3-8H2,(H,16,17);1H. The van der Waals surface area contributed by atoms with Crippen molar-refractivity contribution in [3.8, 4) is 0 Å². The molecule has 1 aromatic rings. The highest BCUT2D eigenvalue weighted by Crippen LogP contribution is 2.16. The highest BCUT2D eigenvalue weighted by Gasteiger charge is 2.24. The molecule has 1 amide bonds.